The Bertz CT molecular complexity index is 539. The Hall–Kier alpha value is -0.950. The summed E-state index contributed by atoms with van der Waals surface area (Å²) in [5.41, 5.74) is 1.01. The average molecular weight is 314 g/mol. The molecule has 0 saturated heterocycles. The monoisotopic (exact) mass is 314 g/mol. The number of sulfonamides is 1. The second kappa shape index (κ2) is 7.35. The standard InChI is InChI=1S/C15H26N2O3S/c1-11(2)15(10-17(18)12(3)4)16-21(19,20)14-8-6-13(5)7-9-14/h6-9,11-12,15-16,18H,10H2,1-5H3. The van der Waals surface area contributed by atoms with Crippen molar-refractivity contribution in [2.75, 3.05) is 6.54 Å². The molecule has 0 bridgehead atoms. The van der Waals surface area contributed by atoms with Gasteiger partial charge in [0.05, 0.1) is 4.90 Å². The minimum absolute atomic E-state index is 0.0601. The lowest BCUT2D eigenvalue weighted by atomic mass is 10.1. The molecule has 21 heavy (non-hydrogen) atoms. The Labute approximate surface area is 128 Å². The molecule has 0 radical (unpaired) electrons. The van der Waals surface area contributed by atoms with Crippen LogP contribution in [0.25, 0.3) is 0 Å². The Kier molecular flexibility index (Phi) is 6.34. The van der Waals surface area contributed by atoms with Gasteiger partial charge in [-0.2, -0.15) is 5.06 Å². The van der Waals surface area contributed by atoms with Crippen LogP contribution in [0.3, 0.4) is 0 Å². The lowest BCUT2D eigenvalue weighted by Crippen LogP contribution is -2.47. The summed E-state index contributed by atoms with van der Waals surface area (Å²) in [5.74, 6) is 0.0682. The highest BCUT2D eigenvalue weighted by Gasteiger charge is 2.24. The van der Waals surface area contributed by atoms with Gasteiger partial charge in [0, 0.05) is 18.6 Å². The van der Waals surface area contributed by atoms with Crippen LogP contribution in [-0.4, -0.2) is 37.3 Å². The van der Waals surface area contributed by atoms with E-state index in [0.29, 0.717) is 0 Å². The van der Waals surface area contributed by atoms with Crippen LogP contribution in [0.15, 0.2) is 29.2 Å². The van der Waals surface area contributed by atoms with E-state index in [-0.39, 0.29) is 29.4 Å². The van der Waals surface area contributed by atoms with Crippen molar-refractivity contribution in [3.63, 3.8) is 0 Å². The zero-order valence-corrected chi connectivity index (χ0v) is 14.2. The van der Waals surface area contributed by atoms with Crippen LogP contribution >= 0.6 is 0 Å². The van der Waals surface area contributed by atoms with E-state index in [2.05, 4.69) is 4.72 Å². The first-order valence-electron chi connectivity index (χ1n) is 7.18. The second-order valence-electron chi connectivity index (χ2n) is 6.00. The summed E-state index contributed by atoms with van der Waals surface area (Å²) in [5, 5.41) is 11.0. The maximum atomic E-state index is 12.4. The molecule has 0 amide bonds. The average Bonchev–Trinajstić information content (AvgIpc) is 2.37. The van der Waals surface area contributed by atoms with Crippen LogP contribution in [0.4, 0.5) is 0 Å². The Morgan fingerprint density at radius 1 is 1.14 bits per heavy atom. The fourth-order valence-electron chi connectivity index (χ4n) is 1.78. The molecule has 1 unspecified atom stereocenters. The molecule has 1 rings (SSSR count). The molecular weight excluding hydrogens is 288 g/mol. The molecule has 0 spiro atoms. The number of aryl methyl sites for hydroxylation is 1. The summed E-state index contributed by atoms with van der Waals surface area (Å²) in [7, 11) is -3.58. The molecule has 2 N–H and O–H groups in total. The topological polar surface area (TPSA) is 69.6 Å². The third-order valence-electron chi connectivity index (χ3n) is 3.42. The Balaban J connectivity index is 2.89. The molecule has 120 valence electrons. The van der Waals surface area contributed by atoms with Gasteiger partial charge < -0.3 is 5.21 Å². The number of nitrogens with one attached hydrogen (secondary N) is 1. The first-order valence-corrected chi connectivity index (χ1v) is 8.66. The largest absolute Gasteiger partial charge is 0.314 e. The van der Waals surface area contributed by atoms with Gasteiger partial charge in [0.2, 0.25) is 10.0 Å². The summed E-state index contributed by atoms with van der Waals surface area (Å²) in [6, 6.07) is 6.30. The normalized spacial score (nSPS) is 14.1. The lowest BCUT2D eigenvalue weighted by molar-refractivity contribution is -0.123. The maximum Gasteiger partial charge on any atom is 0.240 e. The van der Waals surface area contributed by atoms with Gasteiger partial charge in [0.1, 0.15) is 0 Å². The lowest BCUT2D eigenvalue weighted by Gasteiger charge is -2.28. The van der Waals surface area contributed by atoms with Gasteiger partial charge in [0.25, 0.3) is 0 Å². The minimum Gasteiger partial charge on any atom is -0.314 e. The highest BCUT2D eigenvalue weighted by atomic mass is 32.2. The molecule has 5 nitrogen and oxygen atoms in total. The fourth-order valence-corrected chi connectivity index (χ4v) is 3.16. The Morgan fingerprint density at radius 2 is 1.67 bits per heavy atom. The summed E-state index contributed by atoms with van der Waals surface area (Å²) >= 11 is 0. The quantitative estimate of drug-likeness (QED) is 0.758. The first kappa shape index (κ1) is 18.1. The highest BCUT2D eigenvalue weighted by molar-refractivity contribution is 7.89. The second-order valence-corrected chi connectivity index (χ2v) is 7.71. The summed E-state index contributed by atoms with van der Waals surface area (Å²) in [4.78, 5) is 0.243. The van der Waals surface area contributed by atoms with Crippen LogP contribution in [0, 0.1) is 12.8 Å². The maximum absolute atomic E-state index is 12.4. The van der Waals surface area contributed by atoms with E-state index in [4.69, 9.17) is 0 Å². The SMILES string of the molecule is Cc1ccc(S(=O)(=O)NC(CN(O)C(C)C)C(C)C)cc1. The minimum atomic E-state index is -3.58. The molecule has 0 fully saturated rings. The highest BCUT2D eigenvalue weighted by Crippen LogP contribution is 2.13. The van der Waals surface area contributed by atoms with Crippen molar-refractivity contribution in [1.82, 2.24) is 9.79 Å². The number of benzene rings is 1. The number of hydroxylamine groups is 2. The smallest absolute Gasteiger partial charge is 0.240 e. The van der Waals surface area contributed by atoms with Crippen molar-refractivity contribution in [1.29, 1.82) is 0 Å². The van der Waals surface area contributed by atoms with Crippen molar-refractivity contribution in [3.8, 4) is 0 Å². The molecule has 0 saturated carbocycles. The summed E-state index contributed by atoms with van der Waals surface area (Å²) < 4.78 is 27.5. The molecule has 0 aliphatic rings. The molecule has 0 heterocycles. The van der Waals surface area contributed by atoms with Gasteiger partial charge in [-0.25, -0.2) is 13.1 Å². The van der Waals surface area contributed by atoms with Gasteiger partial charge in [-0.3, -0.25) is 0 Å². The van der Waals surface area contributed by atoms with Crippen LogP contribution in [0.5, 0.6) is 0 Å². The molecular formula is C15H26N2O3S. The van der Waals surface area contributed by atoms with E-state index in [1.165, 1.54) is 0 Å². The van der Waals surface area contributed by atoms with Crippen LogP contribution in [-0.2, 0) is 10.0 Å². The molecule has 0 aliphatic carbocycles. The van der Waals surface area contributed by atoms with E-state index < -0.39 is 10.0 Å². The zero-order chi connectivity index (χ0) is 16.2. The fraction of sp³-hybridized carbons (Fsp3) is 0.600. The van der Waals surface area contributed by atoms with E-state index >= 15 is 0 Å². The molecule has 0 aromatic heterocycles. The molecule has 0 aliphatic heterocycles. The predicted molar refractivity (Wildman–Crippen MR) is 83.8 cm³/mol. The summed E-state index contributed by atoms with van der Waals surface area (Å²) in [6.45, 7) is 9.72. The summed E-state index contributed by atoms with van der Waals surface area (Å²) in [6.07, 6.45) is 0. The van der Waals surface area contributed by atoms with Crippen LogP contribution in [0.2, 0.25) is 0 Å². The van der Waals surface area contributed by atoms with E-state index in [0.717, 1.165) is 10.6 Å². The van der Waals surface area contributed by atoms with E-state index in [1.807, 2.05) is 34.6 Å². The molecule has 1 aromatic carbocycles. The van der Waals surface area contributed by atoms with Crippen molar-refractivity contribution in [3.05, 3.63) is 29.8 Å². The molecule has 1 aromatic rings. The van der Waals surface area contributed by atoms with Gasteiger partial charge in [0.15, 0.2) is 0 Å². The predicted octanol–water partition coefficient (Wildman–Crippen LogP) is 2.40. The molecule has 6 heteroatoms. The van der Waals surface area contributed by atoms with E-state index in [9.17, 15) is 13.6 Å². The van der Waals surface area contributed by atoms with Crippen molar-refractivity contribution in [2.24, 2.45) is 5.92 Å². The van der Waals surface area contributed by atoms with Crippen molar-refractivity contribution < 1.29 is 13.6 Å². The number of nitrogens with zero attached hydrogens (tertiary/aromatic N) is 1. The number of hydrogen-bond donors (Lipinski definition) is 2. The van der Waals surface area contributed by atoms with Crippen molar-refractivity contribution >= 4 is 10.0 Å². The zero-order valence-electron chi connectivity index (χ0n) is 13.4. The van der Waals surface area contributed by atoms with E-state index in [1.54, 1.807) is 24.3 Å². The third-order valence-corrected chi connectivity index (χ3v) is 4.93. The number of rotatable bonds is 7. The third kappa shape index (κ3) is 5.39. The van der Waals surface area contributed by atoms with Crippen LogP contribution < -0.4 is 4.72 Å². The van der Waals surface area contributed by atoms with Crippen molar-refractivity contribution in [2.45, 2.75) is 51.6 Å². The van der Waals surface area contributed by atoms with Crippen LogP contribution in [0.1, 0.15) is 33.3 Å². The van der Waals surface area contributed by atoms with Gasteiger partial charge >= 0.3 is 0 Å². The Morgan fingerprint density at radius 3 is 2.10 bits per heavy atom. The van der Waals surface area contributed by atoms with Gasteiger partial charge in [-0.1, -0.05) is 31.5 Å². The number of hydrogen-bond acceptors (Lipinski definition) is 4. The van der Waals surface area contributed by atoms with Gasteiger partial charge in [-0.05, 0) is 38.8 Å². The first-order chi connectivity index (χ1) is 9.63. The molecule has 1 atom stereocenters. The van der Waals surface area contributed by atoms with Gasteiger partial charge in [-0.15, -0.1) is 0 Å².